The van der Waals surface area contributed by atoms with Crippen LogP contribution in [0.2, 0.25) is 0 Å². The number of amidine groups is 1. The largest absolute Gasteiger partial charge is 0.409 e. The van der Waals surface area contributed by atoms with Crippen molar-refractivity contribution in [2.24, 2.45) is 10.9 Å². The maximum absolute atomic E-state index is 8.36. The van der Waals surface area contributed by atoms with Crippen LogP contribution in [0.25, 0.3) is 0 Å². The standard InChI is InChI=1S/C11H25N3O/c1-3-8-14(9-4-2)10-6-5-7-11(12)13-15/h15H,3-10H2,1-2H3,(H2,12,13). The Balaban J connectivity index is 3.52. The second kappa shape index (κ2) is 9.77. The molecule has 0 spiro atoms. The number of hydrogen-bond acceptors (Lipinski definition) is 3. The lowest BCUT2D eigenvalue weighted by atomic mass is 10.2. The molecule has 0 atom stereocenters. The molecule has 0 saturated heterocycles. The summed E-state index contributed by atoms with van der Waals surface area (Å²) in [5.74, 6) is 0.340. The second-order valence-electron chi connectivity index (χ2n) is 3.89. The summed E-state index contributed by atoms with van der Waals surface area (Å²) >= 11 is 0. The Bertz CT molecular complexity index is 165. The van der Waals surface area contributed by atoms with E-state index in [1.54, 1.807) is 0 Å². The maximum atomic E-state index is 8.36. The first-order chi connectivity index (χ1) is 7.24. The van der Waals surface area contributed by atoms with Gasteiger partial charge in [-0.2, -0.15) is 0 Å². The van der Waals surface area contributed by atoms with Crippen LogP contribution in [-0.4, -0.2) is 35.6 Å². The van der Waals surface area contributed by atoms with Gasteiger partial charge in [0.1, 0.15) is 5.84 Å². The summed E-state index contributed by atoms with van der Waals surface area (Å²) < 4.78 is 0. The minimum atomic E-state index is 0.340. The summed E-state index contributed by atoms with van der Waals surface area (Å²) in [6.07, 6.45) is 5.24. The van der Waals surface area contributed by atoms with Gasteiger partial charge in [-0.15, -0.1) is 0 Å². The third-order valence-corrected chi connectivity index (χ3v) is 2.37. The van der Waals surface area contributed by atoms with E-state index in [9.17, 15) is 0 Å². The molecule has 0 aliphatic carbocycles. The monoisotopic (exact) mass is 215 g/mol. The number of oxime groups is 1. The fourth-order valence-corrected chi connectivity index (χ4v) is 1.66. The van der Waals surface area contributed by atoms with Crippen LogP contribution in [0.15, 0.2) is 5.16 Å². The summed E-state index contributed by atoms with van der Waals surface area (Å²) in [5.41, 5.74) is 5.39. The molecule has 0 bridgehead atoms. The van der Waals surface area contributed by atoms with Gasteiger partial charge in [0.2, 0.25) is 0 Å². The second-order valence-corrected chi connectivity index (χ2v) is 3.89. The molecule has 0 rings (SSSR count). The molecule has 15 heavy (non-hydrogen) atoms. The molecule has 0 saturated carbocycles. The Morgan fingerprint density at radius 1 is 1.13 bits per heavy atom. The SMILES string of the molecule is CCCN(CCC)CCCCC(N)=NO. The average Bonchev–Trinajstić information content (AvgIpc) is 2.24. The van der Waals surface area contributed by atoms with Crippen LogP contribution < -0.4 is 5.73 Å². The van der Waals surface area contributed by atoms with E-state index in [4.69, 9.17) is 10.9 Å². The fraction of sp³-hybridized carbons (Fsp3) is 0.909. The van der Waals surface area contributed by atoms with Crippen LogP contribution in [0, 0.1) is 0 Å². The third kappa shape index (κ3) is 8.24. The fourth-order valence-electron chi connectivity index (χ4n) is 1.66. The van der Waals surface area contributed by atoms with Gasteiger partial charge in [0, 0.05) is 6.42 Å². The topological polar surface area (TPSA) is 61.8 Å². The van der Waals surface area contributed by atoms with Crippen molar-refractivity contribution in [2.45, 2.75) is 46.0 Å². The van der Waals surface area contributed by atoms with Gasteiger partial charge in [-0.3, -0.25) is 0 Å². The molecule has 0 radical (unpaired) electrons. The van der Waals surface area contributed by atoms with E-state index < -0.39 is 0 Å². The lowest BCUT2D eigenvalue weighted by molar-refractivity contribution is 0.269. The molecule has 4 nitrogen and oxygen atoms in total. The molecule has 0 fully saturated rings. The van der Waals surface area contributed by atoms with Gasteiger partial charge in [-0.05, 0) is 45.3 Å². The first-order valence-corrected chi connectivity index (χ1v) is 5.93. The van der Waals surface area contributed by atoms with E-state index in [-0.39, 0.29) is 0 Å². The lowest BCUT2D eigenvalue weighted by Crippen LogP contribution is -2.26. The zero-order chi connectivity index (χ0) is 11.5. The van der Waals surface area contributed by atoms with E-state index in [1.165, 1.54) is 25.9 Å². The molecule has 3 N–H and O–H groups in total. The first-order valence-electron chi connectivity index (χ1n) is 5.93. The van der Waals surface area contributed by atoms with Crippen molar-refractivity contribution in [3.63, 3.8) is 0 Å². The predicted octanol–water partition coefficient (Wildman–Crippen LogP) is 2.03. The molecule has 0 amide bonds. The number of nitrogens with zero attached hydrogens (tertiary/aromatic N) is 2. The van der Waals surface area contributed by atoms with Gasteiger partial charge in [-0.1, -0.05) is 19.0 Å². The van der Waals surface area contributed by atoms with Crippen LogP contribution >= 0.6 is 0 Å². The van der Waals surface area contributed by atoms with E-state index in [1.807, 2.05) is 0 Å². The van der Waals surface area contributed by atoms with E-state index in [0.717, 1.165) is 19.4 Å². The maximum Gasteiger partial charge on any atom is 0.139 e. The van der Waals surface area contributed by atoms with E-state index in [0.29, 0.717) is 12.3 Å². The molecule has 0 aromatic heterocycles. The van der Waals surface area contributed by atoms with Gasteiger partial charge < -0.3 is 15.8 Å². The Hall–Kier alpha value is -0.770. The van der Waals surface area contributed by atoms with Crippen molar-refractivity contribution in [1.82, 2.24) is 4.90 Å². The lowest BCUT2D eigenvalue weighted by Gasteiger charge is -2.20. The number of nitrogens with two attached hydrogens (primary N) is 1. The minimum absolute atomic E-state index is 0.340. The van der Waals surface area contributed by atoms with Crippen LogP contribution in [0.1, 0.15) is 46.0 Å². The van der Waals surface area contributed by atoms with Crippen LogP contribution in [-0.2, 0) is 0 Å². The summed E-state index contributed by atoms with van der Waals surface area (Å²) in [5, 5.41) is 11.3. The molecular weight excluding hydrogens is 190 g/mol. The zero-order valence-corrected chi connectivity index (χ0v) is 10.1. The molecule has 0 aromatic carbocycles. The molecule has 90 valence electrons. The number of rotatable bonds is 9. The van der Waals surface area contributed by atoms with E-state index >= 15 is 0 Å². The molecule has 0 unspecified atom stereocenters. The Morgan fingerprint density at radius 3 is 2.20 bits per heavy atom. The van der Waals surface area contributed by atoms with Gasteiger partial charge in [0.25, 0.3) is 0 Å². The summed E-state index contributed by atoms with van der Waals surface area (Å²) in [6.45, 7) is 7.90. The summed E-state index contributed by atoms with van der Waals surface area (Å²) in [4.78, 5) is 2.48. The van der Waals surface area contributed by atoms with Crippen molar-refractivity contribution >= 4 is 5.84 Å². The predicted molar refractivity (Wildman–Crippen MR) is 64.3 cm³/mol. The number of hydrogen-bond donors (Lipinski definition) is 2. The van der Waals surface area contributed by atoms with Gasteiger partial charge in [0.05, 0.1) is 0 Å². The van der Waals surface area contributed by atoms with Gasteiger partial charge in [0.15, 0.2) is 0 Å². The normalized spacial score (nSPS) is 12.3. The van der Waals surface area contributed by atoms with Crippen molar-refractivity contribution in [2.75, 3.05) is 19.6 Å². The highest BCUT2D eigenvalue weighted by Crippen LogP contribution is 2.01. The van der Waals surface area contributed by atoms with Gasteiger partial charge in [-0.25, -0.2) is 0 Å². The Kier molecular flexibility index (Phi) is 9.27. The van der Waals surface area contributed by atoms with Crippen molar-refractivity contribution in [3.05, 3.63) is 0 Å². The average molecular weight is 215 g/mol. The van der Waals surface area contributed by atoms with Crippen LogP contribution in [0.3, 0.4) is 0 Å². The highest BCUT2D eigenvalue weighted by Gasteiger charge is 2.02. The molecule has 0 aromatic rings. The highest BCUT2D eigenvalue weighted by atomic mass is 16.4. The Morgan fingerprint density at radius 2 is 1.73 bits per heavy atom. The summed E-state index contributed by atoms with van der Waals surface area (Å²) in [6, 6.07) is 0. The van der Waals surface area contributed by atoms with Crippen LogP contribution in [0.4, 0.5) is 0 Å². The number of unbranched alkanes of at least 4 members (excludes halogenated alkanes) is 1. The quantitative estimate of drug-likeness (QED) is 0.203. The van der Waals surface area contributed by atoms with Crippen molar-refractivity contribution < 1.29 is 5.21 Å². The first kappa shape index (κ1) is 14.2. The highest BCUT2D eigenvalue weighted by molar-refractivity contribution is 5.79. The van der Waals surface area contributed by atoms with Crippen molar-refractivity contribution in [1.29, 1.82) is 0 Å². The third-order valence-electron chi connectivity index (χ3n) is 2.37. The molecule has 0 aliphatic heterocycles. The van der Waals surface area contributed by atoms with Crippen LogP contribution in [0.5, 0.6) is 0 Å². The van der Waals surface area contributed by atoms with E-state index in [2.05, 4.69) is 23.9 Å². The molecular formula is C11H25N3O. The van der Waals surface area contributed by atoms with Crippen molar-refractivity contribution in [3.8, 4) is 0 Å². The summed E-state index contributed by atoms with van der Waals surface area (Å²) in [7, 11) is 0. The molecule has 0 heterocycles. The molecule has 0 aliphatic rings. The zero-order valence-electron chi connectivity index (χ0n) is 10.1. The minimum Gasteiger partial charge on any atom is -0.409 e. The Labute approximate surface area is 93.1 Å². The van der Waals surface area contributed by atoms with Gasteiger partial charge >= 0.3 is 0 Å². The molecule has 4 heteroatoms. The smallest absolute Gasteiger partial charge is 0.139 e.